The third kappa shape index (κ3) is 2.53. The van der Waals surface area contributed by atoms with Crippen LogP contribution in [0.3, 0.4) is 0 Å². The molecule has 0 bridgehead atoms. The van der Waals surface area contributed by atoms with Crippen LogP contribution >= 0.6 is 15.9 Å². The summed E-state index contributed by atoms with van der Waals surface area (Å²) in [6.07, 6.45) is 3.75. The Morgan fingerprint density at radius 3 is 2.46 bits per heavy atom. The highest BCUT2D eigenvalue weighted by Gasteiger charge is 2.23. The molecule has 0 aliphatic carbocycles. The second-order valence-corrected chi connectivity index (χ2v) is 5.34. The van der Waals surface area contributed by atoms with Gasteiger partial charge in [0.15, 0.2) is 0 Å². The summed E-state index contributed by atoms with van der Waals surface area (Å²) in [7, 11) is 0. The normalized spacial score (nSPS) is 14.2. The number of halogens is 1. The fourth-order valence-corrected chi connectivity index (χ4v) is 1.74. The molecule has 0 aliphatic heterocycles. The Kier molecular flexibility index (Phi) is 3.12. The molecule has 13 heavy (non-hydrogen) atoms. The van der Waals surface area contributed by atoms with Crippen LogP contribution in [0, 0.1) is 5.41 Å². The van der Waals surface area contributed by atoms with E-state index in [1.807, 2.05) is 18.5 Å². The van der Waals surface area contributed by atoms with Crippen LogP contribution in [0.4, 0.5) is 0 Å². The number of hydrogen-bond donors (Lipinski definition) is 0. The minimum Gasteiger partial charge on any atom is -0.264 e. The highest BCUT2D eigenvalue weighted by molar-refractivity contribution is 9.10. The monoisotopic (exact) mass is 241 g/mol. The molecule has 2 heteroatoms. The van der Waals surface area contributed by atoms with Crippen LogP contribution in [0.1, 0.15) is 39.2 Å². The summed E-state index contributed by atoms with van der Waals surface area (Å²) in [6, 6.07) is 2.00. The maximum Gasteiger partial charge on any atom is 0.0314 e. The summed E-state index contributed by atoms with van der Waals surface area (Å²) in [4.78, 5) is 4.15. The van der Waals surface area contributed by atoms with Crippen molar-refractivity contribution in [2.24, 2.45) is 5.41 Å². The first-order valence-electron chi connectivity index (χ1n) is 4.52. The highest BCUT2D eigenvalue weighted by Crippen LogP contribution is 2.37. The van der Waals surface area contributed by atoms with E-state index in [-0.39, 0.29) is 5.41 Å². The molecule has 0 aromatic carbocycles. The topological polar surface area (TPSA) is 12.9 Å². The Morgan fingerprint density at radius 1 is 1.38 bits per heavy atom. The molecule has 1 atom stereocenters. The third-order valence-corrected chi connectivity index (χ3v) is 3.28. The van der Waals surface area contributed by atoms with E-state index in [0.717, 1.165) is 4.47 Å². The van der Waals surface area contributed by atoms with E-state index in [0.29, 0.717) is 5.92 Å². The third-order valence-electron chi connectivity index (χ3n) is 2.56. The van der Waals surface area contributed by atoms with Gasteiger partial charge in [-0.15, -0.1) is 0 Å². The summed E-state index contributed by atoms with van der Waals surface area (Å²) in [5, 5.41) is 0. The van der Waals surface area contributed by atoms with E-state index in [1.165, 1.54) is 5.56 Å². The van der Waals surface area contributed by atoms with Crippen LogP contribution in [0.5, 0.6) is 0 Å². The molecular weight excluding hydrogens is 226 g/mol. The Bertz CT molecular complexity index is 288. The second kappa shape index (κ2) is 3.79. The number of pyridine rings is 1. The fraction of sp³-hybridized carbons (Fsp3) is 0.545. The average molecular weight is 242 g/mol. The van der Waals surface area contributed by atoms with Gasteiger partial charge in [-0.1, -0.05) is 43.6 Å². The lowest BCUT2D eigenvalue weighted by molar-refractivity contribution is 0.338. The van der Waals surface area contributed by atoms with Crippen LogP contribution in [-0.4, -0.2) is 4.98 Å². The lowest BCUT2D eigenvalue weighted by Crippen LogP contribution is -2.15. The smallest absolute Gasteiger partial charge is 0.0314 e. The minimum atomic E-state index is 0.283. The van der Waals surface area contributed by atoms with Crippen LogP contribution in [0.2, 0.25) is 0 Å². The maximum absolute atomic E-state index is 4.15. The van der Waals surface area contributed by atoms with Gasteiger partial charge in [-0.05, 0) is 23.0 Å². The highest BCUT2D eigenvalue weighted by atomic mass is 79.9. The molecule has 0 saturated heterocycles. The van der Waals surface area contributed by atoms with E-state index >= 15 is 0 Å². The van der Waals surface area contributed by atoms with Gasteiger partial charge in [-0.2, -0.15) is 0 Å². The number of nitrogens with zero attached hydrogens (tertiary/aromatic N) is 1. The van der Waals surface area contributed by atoms with Gasteiger partial charge in [-0.3, -0.25) is 4.98 Å². The Hall–Kier alpha value is -0.370. The summed E-state index contributed by atoms with van der Waals surface area (Å²) >= 11 is 3.55. The average Bonchev–Trinajstić information content (AvgIpc) is 2.02. The predicted octanol–water partition coefficient (Wildman–Crippen LogP) is 3.99. The standard InChI is InChI=1S/C11H16BrN/c1-8(11(2,3)4)9-7-13-6-5-10(9)12/h5-8H,1-4H3. The molecule has 72 valence electrons. The quantitative estimate of drug-likeness (QED) is 0.725. The Labute approximate surface area is 88.7 Å². The molecule has 1 aromatic heterocycles. The zero-order valence-corrected chi connectivity index (χ0v) is 10.2. The molecule has 1 heterocycles. The van der Waals surface area contributed by atoms with E-state index in [1.54, 1.807) is 0 Å². The van der Waals surface area contributed by atoms with Gasteiger partial charge >= 0.3 is 0 Å². The van der Waals surface area contributed by atoms with Crippen molar-refractivity contribution in [3.8, 4) is 0 Å². The molecule has 0 radical (unpaired) electrons. The van der Waals surface area contributed by atoms with Crippen LogP contribution in [0.25, 0.3) is 0 Å². The van der Waals surface area contributed by atoms with E-state index in [4.69, 9.17) is 0 Å². The molecule has 0 fully saturated rings. The van der Waals surface area contributed by atoms with Crippen molar-refractivity contribution in [3.63, 3.8) is 0 Å². The first kappa shape index (κ1) is 10.7. The SMILES string of the molecule is CC(c1cnccc1Br)C(C)(C)C. The first-order valence-corrected chi connectivity index (χ1v) is 5.31. The molecule has 0 N–H and O–H groups in total. The summed E-state index contributed by atoms with van der Waals surface area (Å²) in [5.41, 5.74) is 1.57. The fourth-order valence-electron chi connectivity index (χ4n) is 1.17. The maximum atomic E-state index is 4.15. The van der Waals surface area contributed by atoms with Gasteiger partial charge in [0.25, 0.3) is 0 Å². The van der Waals surface area contributed by atoms with Gasteiger partial charge in [0.05, 0.1) is 0 Å². The van der Waals surface area contributed by atoms with Crippen molar-refractivity contribution in [2.45, 2.75) is 33.6 Å². The van der Waals surface area contributed by atoms with E-state index in [9.17, 15) is 0 Å². The van der Waals surface area contributed by atoms with Crippen LogP contribution in [0.15, 0.2) is 22.9 Å². The molecule has 1 rings (SSSR count). The Balaban J connectivity index is 3.02. The van der Waals surface area contributed by atoms with Gasteiger partial charge in [0, 0.05) is 16.9 Å². The predicted molar refractivity (Wildman–Crippen MR) is 59.8 cm³/mol. The van der Waals surface area contributed by atoms with Crippen molar-refractivity contribution in [2.75, 3.05) is 0 Å². The molecule has 0 aliphatic rings. The summed E-state index contributed by atoms with van der Waals surface area (Å²) < 4.78 is 1.16. The van der Waals surface area contributed by atoms with Crippen molar-refractivity contribution >= 4 is 15.9 Å². The lowest BCUT2D eigenvalue weighted by Gasteiger charge is -2.28. The van der Waals surface area contributed by atoms with Gasteiger partial charge in [0.2, 0.25) is 0 Å². The van der Waals surface area contributed by atoms with Gasteiger partial charge in [0.1, 0.15) is 0 Å². The molecule has 1 unspecified atom stereocenters. The first-order chi connectivity index (χ1) is 5.93. The van der Waals surface area contributed by atoms with Crippen molar-refractivity contribution < 1.29 is 0 Å². The molecule has 1 nitrogen and oxygen atoms in total. The number of hydrogen-bond acceptors (Lipinski definition) is 1. The zero-order valence-electron chi connectivity index (χ0n) is 8.63. The largest absolute Gasteiger partial charge is 0.264 e. The van der Waals surface area contributed by atoms with Crippen molar-refractivity contribution in [3.05, 3.63) is 28.5 Å². The molecule has 1 aromatic rings. The second-order valence-electron chi connectivity index (χ2n) is 4.48. The summed E-state index contributed by atoms with van der Waals surface area (Å²) in [5.74, 6) is 0.510. The number of aromatic nitrogens is 1. The Morgan fingerprint density at radius 2 is 2.00 bits per heavy atom. The molecule has 0 amide bonds. The van der Waals surface area contributed by atoms with E-state index in [2.05, 4.69) is 48.6 Å². The molecule has 0 saturated carbocycles. The molecular formula is C11H16BrN. The van der Waals surface area contributed by atoms with Crippen LogP contribution in [-0.2, 0) is 0 Å². The minimum absolute atomic E-state index is 0.283. The number of rotatable bonds is 1. The zero-order chi connectivity index (χ0) is 10.1. The van der Waals surface area contributed by atoms with Gasteiger partial charge < -0.3 is 0 Å². The summed E-state index contributed by atoms with van der Waals surface area (Å²) in [6.45, 7) is 8.98. The van der Waals surface area contributed by atoms with Crippen LogP contribution < -0.4 is 0 Å². The molecule has 0 spiro atoms. The lowest BCUT2D eigenvalue weighted by atomic mass is 9.78. The van der Waals surface area contributed by atoms with Crippen molar-refractivity contribution in [1.29, 1.82) is 0 Å². The van der Waals surface area contributed by atoms with Crippen molar-refractivity contribution in [1.82, 2.24) is 4.98 Å². The van der Waals surface area contributed by atoms with Gasteiger partial charge in [-0.25, -0.2) is 0 Å². The van der Waals surface area contributed by atoms with E-state index < -0.39 is 0 Å².